The Balaban J connectivity index is 3.41. The van der Waals surface area contributed by atoms with Crippen LogP contribution in [-0.4, -0.2) is 60.8 Å². The van der Waals surface area contributed by atoms with Crippen molar-refractivity contribution in [2.75, 3.05) is 26.8 Å². The number of benzene rings is 1. The van der Waals surface area contributed by atoms with E-state index in [0.29, 0.717) is 26.1 Å². The Hall–Kier alpha value is -2.18. The fourth-order valence-corrected chi connectivity index (χ4v) is 5.33. The first kappa shape index (κ1) is 37.8. The Labute approximate surface area is 260 Å². The maximum absolute atomic E-state index is 13.5. The van der Waals surface area contributed by atoms with Gasteiger partial charge in [0.25, 0.3) is 0 Å². The summed E-state index contributed by atoms with van der Waals surface area (Å²) in [5.41, 5.74) is 0.340. The smallest absolute Gasteiger partial charge is 0.342 e. The summed E-state index contributed by atoms with van der Waals surface area (Å²) in [6, 6.07) is 3.49. The molecule has 1 aromatic rings. The van der Waals surface area contributed by atoms with Gasteiger partial charge in [0, 0.05) is 53.8 Å². The first-order valence-electron chi connectivity index (χ1n) is 14.6. The summed E-state index contributed by atoms with van der Waals surface area (Å²) in [6.07, 6.45) is 8.03. The van der Waals surface area contributed by atoms with Crippen LogP contribution in [0.15, 0.2) is 43.5 Å². The molecule has 0 saturated heterocycles. The average molecular weight is 639 g/mol. The van der Waals surface area contributed by atoms with E-state index in [1.807, 2.05) is 0 Å². The molecule has 0 aromatic heterocycles. The van der Waals surface area contributed by atoms with Crippen LogP contribution in [0.25, 0.3) is 0 Å². The third-order valence-electron chi connectivity index (χ3n) is 6.08. The normalized spacial score (nSPS) is 12.7. The molecule has 0 radical (unpaired) electrons. The molecule has 0 aliphatic heterocycles. The summed E-state index contributed by atoms with van der Waals surface area (Å²) < 4.78 is 29.0. The van der Waals surface area contributed by atoms with E-state index >= 15 is 0 Å². The van der Waals surface area contributed by atoms with Gasteiger partial charge in [-0.2, -0.15) is 0 Å². The van der Waals surface area contributed by atoms with Crippen LogP contribution in [0.1, 0.15) is 42.1 Å². The zero-order valence-corrected chi connectivity index (χ0v) is 29.4. The number of rotatable bonds is 22. The third kappa shape index (κ3) is 15.9. The molecule has 42 heavy (non-hydrogen) atoms. The number of ketones is 1. The van der Waals surface area contributed by atoms with E-state index in [1.54, 1.807) is 25.2 Å². The van der Waals surface area contributed by atoms with Crippen molar-refractivity contribution < 1.29 is 33.3 Å². The largest absolute Gasteiger partial charge is 0.466 e. The average Bonchev–Trinajstić information content (AvgIpc) is 2.87. The van der Waals surface area contributed by atoms with E-state index in [4.69, 9.17) is 35.3 Å². The van der Waals surface area contributed by atoms with Gasteiger partial charge in [-0.25, -0.2) is 4.79 Å². The molecule has 0 heterocycles. The number of hydrogen-bond acceptors (Lipinski definition) is 7. The van der Waals surface area contributed by atoms with Gasteiger partial charge in [-0.15, -0.1) is 13.2 Å². The topological polar surface area (TPSA) is 80.3 Å². The molecule has 1 atom stereocenters. The Morgan fingerprint density at radius 2 is 1.48 bits per heavy atom. The van der Waals surface area contributed by atoms with Crippen LogP contribution in [0.5, 0.6) is 11.5 Å². The maximum atomic E-state index is 13.5. The molecule has 0 N–H and O–H groups in total. The van der Waals surface area contributed by atoms with Crippen molar-refractivity contribution >= 4 is 39.5 Å². The number of unbranched alkanes of at least 4 members (excludes halogenated alkanes) is 1. The van der Waals surface area contributed by atoms with Gasteiger partial charge in [-0.1, -0.05) is 69.1 Å². The van der Waals surface area contributed by atoms with Gasteiger partial charge in [0.15, 0.2) is 19.4 Å². The molecule has 1 rings (SSSR count). The summed E-state index contributed by atoms with van der Waals surface area (Å²) >= 11 is 6.81. The summed E-state index contributed by atoms with van der Waals surface area (Å²) in [5.74, 6) is -0.468. The summed E-state index contributed by atoms with van der Waals surface area (Å²) in [5, 5.41) is 0.131. The highest BCUT2D eigenvalue weighted by atomic mass is 35.5. The Bertz CT molecular complexity index is 1060. The minimum atomic E-state index is -1.30. The molecule has 7 nitrogen and oxygen atoms in total. The molecule has 0 spiro atoms. The van der Waals surface area contributed by atoms with E-state index in [1.165, 1.54) is 12.1 Å². The van der Waals surface area contributed by atoms with Gasteiger partial charge in [0.05, 0.1) is 5.02 Å². The van der Waals surface area contributed by atoms with Crippen LogP contribution in [0.2, 0.25) is 56.4 Å². The summed E-state index contributed by atoms with van der Waals surface area (Å²) in [4.78, 5) is 26.5. The second-order valence-corrected chi connectivity index (χ2v) is 24.3. The maximum Gasteiger partial charge on any atom is 0.342 e. The van der Waals surface area contributed by atoms with E-state index in [9.17, 15) is 9.59 Å². The van der Waals surface area contributed by atoms with Gasteiger partial charge in [-0.05, 0) is 37.9 Å². The predicted octanol–water partition coefficient (Wildman–Crippen LogP) is 8.48. The quantitative estimate of drug-likeness (QED) is 0.0315. The van der Waals surface area contributed by atoms with Crippen molar-refractivity contribution in [3.63, 3.8) is 0 Å². The highest BCUT2D eigenvalue weighted by molar-refractivity contribution is 6.76. The molecule has 0 saturated carbocycles. The zero-order valence-electron chi connectivity index (χ0n) is 26.7. The van der Waals surface area contributed by atoms with Crippen LogP contribution >= 0.6 is 11.6 Å². The van der Waals surface area contributed by atoms with Crippen LogP contribution in [0.3, 0.4) is 0 Å². The van der Waals surface area contributed by atoms with Crippen molar-refractivity contribution in [3.05, 3.63) is 59.7 Å². The molecule has 0 aliphatic carbocycles. The van der Waals surface area contributed by atoms with E-state index in [2.05, 4.69) is 52.4 Å². The number of allylic oxidation sites excluding steroid dienone is 3. The Morgan fingerprint density at radius 1 is 0.905 bits per heavy atom. The fraction of sp³-hybridized carbons (Fsp3) is 0.562. The van der Waals surface area contributed by atoms with E-state index in [0.717, 1.165) is 18.5 Å². The number of hydrogen-bond donors (Lipinski definition) is 0. The third-order valence-corrected chi connectivity index (χ3v) is 9.91. The Morgan fingerprint density at radius 3 is 2.00 bits per heavy atom. The molecule has 0 fully saturated rings. The Kier molecular flexibility index (Phi) is 17.3. The lowest BCUT2D eigenvalue weighted by atomic mass is 9.99. The van der Waals surface area contributed by atoms with Crippen molar-refractivity contribution in [3.8, 4) is 11.5 Å². The SMILES string of the molecule is C=CCC/C=C/C(=O)Cc1c(Cl)c(OCOCC[Si](C)(C)C)cc(OCOCC[Si](C)(C)C)c1C(=O)O[C@H](C)CC=C. The van der Waals surface area contributed by atoms with Crippen LogP contribution in [0.4, 0.5) is 0 Å². The fourth-order valence-electron chi connectivity index (χ4n) is 3.54. The van der Waals surface area contributed by atoms with Crippen LogP contribution in [-0.2, 0) is 25.4 Å². The highest BCUT2D eigenvalue weighted by Gasteiger charge is 2.28. The van der Waals surface area contributed by atoms with E-state index < -0.39 is 28.2 Å². The van der Waals surface area contributed by atoms with Gasteiger partial charge in [-0.3, -0.25) is 4.79 Å². The molecule has 1 aromatic carbocycles. The van der Waals surface area contributed by atoms with Gasteiger partial charge in [0.2, 0.25) is 0 Å². The van der Waals surface area contributed by atoms with Crippen molar-refractivity contribution in [1.82, 2.24) is 0 Å². The first-order valence-corrected chi connectivity index (χ1v) is 22.4. The highest BCUT2D eigenvalue weighted by Crippen LogP contribution is 2.39. The number of carbonyl (C=O) groups excluding carboxylic acids is 2. The molecular formula is C32H51ClO7Si2. The van der Waals surface area contributed by atoms with E-state index in [-0.39, 0.29) is 53.4 Å². The van der Waals surface area contributed by atoms with Crippen molar-refractivity contribution in [2.24, 2.45) is 0 Å². The van der Waals surface area contributed by atoms with Gasteiger partial charge in [0.1, 0.15) is 23.2 Å². The minimum Gasteiger partial charge on any atom is -0.466 e. The summed E-state index contributed by atoms with van der Waals surface area (Å²) in [6.45, 7) is 23.8. The molecule has 0 amide bonds. The lowest BCUT2D eigenvalue weighted by Gasteiger charge is -2.21. The lowest BCUT2D eigenvalue weighted by Crippen LogP contribution is -2.23. The minimum absolute atomic E-state index is 0.0364. The second kappa shape index (κ2) is 19.2. The van der Waals surface area contributed by atoms with Crippen LogP contribution in [0, 0.1) is 0 Å². The molecule has 0 bridgehead atoms. The molecule has 0 unspecified atom stereocenters. The predicted molar refractivity (Wildman–Crippen MR) is 178 cm³/mol. The molecule has 236 valence electrons. The lowest BCUT2D eigenvalue weighted by molar-refractivity contribution is -0.114. The van der Waals surface area contributed by atoms with Crippen molar-refractivity contribution in [1.29, 1.82) is 0 Å². The first-order chi connectivity index (χ1) is 19.7. The number of ether oxygens (including phenoxy) is 5. The zero-order chi connectivity index (χ0) is 31.8. The molecular weight excluding hydrogens is 588 g/mol. The number of carbonyl (C=O) groups is 2. The molecule has 10 heteroatoms. The van der Waals surface area contributed by atoms with Crippen LogP contribution < -0.4 is 9.47 Å². The second-order valence-electron chi connectivity index (χ2n) is 12.7. The number of esters is 1. The van der Waals surface area contributed by atoms with Gasteiger partial charge < -0.3 is 23.7 Å². The van der Waals surface area contributed by atoms with Gasteiger partial charge >= 0.3 is 5.97 Å². The number of halogens is 1. The van der Waals surface area contributed by atoms with Crippen molar-refractivity contribution in [2.45, 2.75) is 90.1 Å². The monoisotopic (exact) mass is 638 g/mol. The summed E-state index contributed by atoms with van der Waals surface area (Å²) in [7, 11) is -2.57. The standard InChI is InChI=1S/C32H51ClO7Si2/c1-10-12-13-14-16-26(34)21-27-30(32(35)40-25(3)15-11-2)28(38-23-36-17-19-41(4,5)6)22-29(31(27)33)39-24-37-18-20-42(7,8)9/h10-11,14,16,22,25H,1-2,12-13,15,17-21,23-24H2,3-9H3/b16-14+/t25-/m1/s1. The molecule has 0 aliphatic rings.